The van der Waals surface area contributed by atoms with E-state index in [2.05, 4.69) is 4.84 Å². The van der Waals surface area contributed by atoms with Crippen LogP contribution >= 0.6 is 0 Å². The van der Waals surface area contributed by atoms with E-state index in [0.717, 1.165) is 0 Å². The van der Waals surface area contributed by atoms with Crippen molar-refractivity contribution in [3.8, 4) is 0 Å². The molecule has 0 radical (unpaired) electrons. The van der Waals surface area contributed by atoms with Crippen molar-refractivity contribution < 1.29 is 38.8 Å². The zero-order valence-corrected chi connectivity index (χ0v) is 11.2. The fourth-order valence-electron chi connectivity index (χ4n) is 2.20. The minimum Gasteiger partial charge on any atom is -0.434 e. The fraction of sp³-hybridized carbons (Fsp3) is 0.909. The Hall–Kier alpha value is -1.65. The van der Waals surface area contributed by atoms with Gasteiger partial charge in [-0.15, -0.1) is 10.1 Å². The van der Waals surface area contributed by atoms with Gasteiger partial charge in [-0.1, -0.05) is 0 Å². The van der Waals surface area contributed by atoms with Crippen LogP contribution in [0.2, 0.25) is 0 Å². The van der Waals surface area contributed by atoms with Crippen molar-refractivity contribution in [2.45, 2.75) is 37.3 Å². The van der Waals surface area contributed by atoms with Gasteiger partial charge in [0, 0.05) is 0 Å². The van der Waals surface area contributed by atoms with Crippen LogP contribution in [-0.2, 0) is 23.8 Å². The van der Waals surface area contributed by atoms with Crippen molar-refractivity contribution in [1.29, 1.82) is 0 Å². The maximum atomic E-state index is 11.5. The minimum absolute atomic E-state index is 0.0443. The SMILES string of the molecule is O=C(OCCCCO[N+](=O)[O-])OC1COC2C(O)COC12. The zero-order chi connectivity index (χ0) is 15.2. The van der Waals surface area contributed by atoms with Crippen LogP contribution in [0.4, 0.5) is 4.79 Å². The standard InChI is InChI=1S/C11H17NO9/c13-7-5-18-10-8(6-19-9(7)10)21-11(14)17-3-1-2-4-20-12(15)16/h7-10,13H,1-6H2. The van der Waals surface area contributed by atoms with Crippen LogP contribution in [0.3, 0.4) is 0 Å². The molecule has 0 amide bonds. The molecule has 0 saturated carbocycles. The van der Waals surface area contributed by atoms with E-state index in [-0.39, 0.29) is 26.4 Å². The third-order valence-electron chi connectivity index (χ3n) is 3.18. The fourth-order valence-corrected chi connectivity index (χ4v) is 2.20. The summed E-state index contributed by atoms with van der Waals surface area (Å²) in [6.07, 6.45) is -2.29. The van der Waals surface area contributed by atoms with Crippen LogP contribution in [0, 0.1) is 10.1 Å². The van der Waals surface area contributed by atoms with Gasteiger partial charge in [0.2, 0.25) is 0 Å². The second-order valence-corrected chi connectivity index (χ2v) is 4.68. The van der Waals surface area contributed by atoms with E-state index in [4.69, 9.17) is 18.9 Å². The number of carbonyl (C=O) groups is 1. The normalized spacial score (nSPS) is 30.7. The van der Waals surface area contributed by atoms with Gasteiger partial charge in [-0.2, -0.15) is 0 Å². The van der Waals surface area contributed by atoms with Gasteiger partial charge in [0.1, 0.15) is 18.3 Å². The van der Waals surface area contributed by atoms with Gasteiger partial charge in [-0.3, -0.25) is 0 Å². The quantitative estimate of drug-likeness (QED) is 0.290. The average Bonchev–Trinajstić information content (AvgIpc) is 2.98. The molecule has 1 N–H and O–H groups in total. The molecule has 2 saturated heterocycles. The molecule has 2 fully saturated rings. The first kappa shape index (κ1) is 15.7. The predicted molar refractivity (Wildman–Crippen MR) is 63.9 cm³/mol. The van der Waals surface area contributed by atoms with E-state index in [9.17, 15) is 20.0 Å². The van der Waals surface area contributed by atoms with Gasteiger partial charge in [0.15, 0.2) is 6.10 Å². The molecule has 4 atom stereocenters. The van der Waals surface area contributed by atoms with Crippen LogP contribution in [0.25, 0.3) is 0 Å². The first-order chi connectivity index (χ1) is 10.1. The van der Waals surface area contributed by atoms with E-state index < -0.39 is 35.7 Å². The van der Waals surface area contributed by atoms with Crippen molar-refractivity contribution >= 4 is 6.16 Å². The van der Waals surface area contributed by atoms with E-state index in [1.165, 1.54) is 0 Å². The summed E-state index contributed by atoms with van der Waals surface area (Å²) < 4.78 is 20.5. The third kappa shape index (κ3) is 4.41. The molecule has 10 heteroatoms. The van der Waals surface area contributed by atoms with Crippen molar-refractivity contribution in [1.82, 2.24) is 0 Å². The monoisotopic (exact) mass is 307 g/mol. The number of hydrogen-bond donors (Lipinski definition) is 1. The maximum absolute atomic E-state index is 11.5. The van der Waals surface area contributed by atoms with Crippen molar-refractivity contribution in [2.24, 2.45) is 0 Å². The summed E-state index contributed by atoms with van der Waals surface area (Å²) in [5.74, 6) is 0. The van der Waals surface area contributed by atoms with Gasteiger partial charge in [0.25, 0.3) is 5.09 Å². The number of hydrogen-bond acceptors (Lipinski definition) is 9. The largest absolute Gasteiger partial charge is 0.508 e. The van der Waals surface area contributed by atoms with Crippen LogP contribution < -0.4 is 0 Å². The summed E-state index contributed by atoms with van der Waals surface area (Å²) in [6, 6.07) is 0. The van der Waals surface area contributed by atoms with E-state index in [1.54, 1.807) is 0 Å². The number of aliphatic hydroxyl groups is 1. The minimum atomic E-state index is -0.873. The Bertz CT molecular complexity index is 377. The molecule has 120 valence electrons. The summed E-state index contributed by atoms with van der Waals surface area (Å²) in [7, 11) is 0. The van der Waals surface area contributed by atoms with E-state index in [1.807, 2.05) is 0 Å². The number of carbonyl (C=O) groups excluding carboxylic acids is 1. The number of aliphatic hydroxyl groups excluding tert-OH is 1. The molecule has 2 rings (SSSR count). The van der Waals surface area contributed by atoms with Crippen LogP contribution in [0.1, 0.15) is 12.8 Å². The molecular weight excluding hydrogens is 290 g/mol. The lowest BCUT2D eigenvalue weighted by atomic mass is 10.1. The lowest BCUT2D eigenvalue weighted by Crippen LogP contribution is -2.34. The Kier molecular flexibility index (Phi) is 5.53. The van der Waals surface area contributed by atoms with Crippen LogP contribution in [-0.4, -0.2) is 67.2 Å². The first-order valence-electron chi connectivity index (χ1n) is 6.60. The van der Waals surface area contributed by atoms with Gasteiger partial charge < -0.3 is 28.9 Å². The molecule has 0 aromatic carbocycles. The highest BCUT2D eigenvalue weighted by Gasteiger charge is 2.49. The Morgan fingerprint density at radius 2 is 1.95 bits per heavy atom. The van der Waals surface area contributed by atoms with Gasteiger partial charge in [0.05, 0.1) is 26.4 Å². The van der Waals surface area contributed by atoms with Crippen LogP contribution in [0.15, 0.2) is 0 Å². The van der Waals surface area contributed by atoms with Crippen molar-refractivity contribution in [3.63, 3.8) is 0 Å². The third-order valence-corrected chi connectivity index (χ3v) is 3.18. The highest BCUT2D eigenvalue weighted by atomic mass is 16.9. The molecule has 0 bridgehead atoms. The molecule has 10 nitrogen and oxygen atoms in total. The lowest BCUT2D eigenvalue weighted by molar-refractivity contribution is -0.757. The molecule has 2 aliphatic rings. The van der Waals surface area contributed by atoms with Gasteiger partial charge in [-0.05, 0) is 12.8 Å². The Balaban J connectivity index is 1.57. The number of fused-ring (bicyclic) bond motifs is 1. The molecule has 0 aromatic heterocycles. The molecule has 2 aliphatic heterocycles. The van der Waals surface area contributed by atoms with E-state index in [0.29, 0.717) is 12.8 Å². The first-order valence-corrected chi connectivity index (χ1v) is 6.60. The second-order valence-electron chi connectivity index (χ2n) is 4.68. The van der Waals surface area contributed by atoms with E-state index >= 15 is 0 Å². The Morgan fingerprint density at radius 1 is 1.24 bits per heavy atom. The molecule has 21 heavy (non-hydrogen) atoms. The highest BCUT2D eigenvalue weighted by molar-refractivity contribution is 5.60. The second kappa shape index (κ2) is 7.38. The maximum Gasteiger partial charge on any atom is 0.508 e. The topological polar surface area (TPSA) is 127 Å². The highest BCUT2D eigenvalue weighted by Crippen LogP contribution is 2.28. The molecular formula is C11H17NO9. The molecule has 2 heterocycles. The number of ether oxygens (including phenoxy) is 4. The summed E-state index contributed by atoms with van der Waals surface area (Å²) in [4.78, 5) is 25.4. The lowest BCUT2D eigenvalue weighted by Gasteiger charge is -2.16. The smallest absolute Gasteiger partial charge is 0.434 e. The Morgan fingerprint density at radius 3 is 2.71 bits per heavy atom. The molecule has 0 aromatic rings. The number of unbranched alkanes of at least 4 members (excludes halogenated alkanes) is 1. The van der Waals surface area contributed by atoms with Crippen LogP contribution in [0.5, 0.6) is 0 Å². The van der Waals surface area contributed by atoms with Crippen molar-refractivity contribution in [2.75, 3.05) is 26.4 Å². The predicted octanol–water partition coefficient (Wildman–Crippen LogP) is -0.345. The average molecular weight is 307 g/mol. The summed E-state index contributed by atoms with van der Waals surface area (Å²) in [5.41, 5.74) is 0. The summed E-state index contributed by atoms with van der Waals surface area (Å²) in [5, 5.41) is 18.5. The molecule has 4 unspecified atom stereocenters. The van der Waals surface area contributed by atoms with Gasteiger partial charge in [-0.25, -0.2) is 4.79 Å². The summed E-state index contributed by atoms with van der Waals surface area (Å²) in [6.45, 7) is 0.335. The molecule has 0 spiro atoms. The number of nitrogens with zero attached hydrogens (tertiary/aromatic N) is 1. The molecule has 0 aliphatic carbocycles. The Labute approximate surface area is 120 Å². The summed E-state index contributed by atoms with van der Waals surface area (Å²) >= 11 is 0. The van der Waals surface area contributed by atoms with Gasteiger partial charge >= 0.3 is 6.16 Å². The number of rotatable bonds is 7. The van der Waals surface area contributed by atoms with Crippen molar-refractivity contribution in [3.05, 3.63) is 10.1 Å². The zero-order valence-electron chi connectivity index (χ0n) is 11.2.